The van der Waals surface area contributed by atoms with Gasteiger partial charge in [0.2, 0.25) is 5.91 Å². The van der Waals surface area contributed by atoms with Crippen LogP contribution in [-0.4, -0.2) is 49.7 Å². The van der Waals surface area contributed by atoms with Crippen LogP contribution in [0.1, 0.15) is 16.1 Å². The lowest BCUT2D eigenvalue weighted by Crippen LogP contribution is -2.48. The number of fused-ring (bicyclic) bond motifs is 2. The first-order valence-corrected chi connectivity index (χ1v) is 9.63. The molecule has 158 valence electrons. The Bertz CT molecular complexity index is 1160. The minimum atomic E-state index is -1.12. The number of ether oxygens (including phenoxy) is 1. The summed E-state index contributed by atoms with van der Waals surface area (Å²) in [7, 11) is 1.53. The molecule has 1 N–H and O–H groups in total. The molecule has 8 nitrogen and oxygen atoms in total. The second-order valence-corrected chi connectivity index (χ2v) is 6.99. The second kappa shape index (κ2) is 8.45. The summed E-state index contributed by atoms with van der Waals surface area (Å²) in [4.78, 5) is 39.9. The van der Waals surface area contributed by atoms with Crippen LogP contribution in [-0.2, 0) is 14.3 Å². The third-order valence-corrected chi connectivity index (χ3v) is 5.02. The average Bonchev–Trinajstić information content (AvgIpc) is 3.19. The molecule has 0 unspecified atom stereocenters. The number of carbonyl (C=O) groups is 3. The molecule has 0 fully saturated rings. The zero-order chi connectivity index (χ0) is 22.0. The van der Waals surface area contributed by atoms with Gasteiger partial charge in [0.1, 0.15) is 17.9 Å². The third-order valence-electron chi connectivity index (χ3n) is 5.02. The van der Waals surface area contributed by atoms with Gasteiger partial charge in [0.05, 0.1) is 23.5 Å². The maximum Gasteiger partial charge on any atom is 0.335 e. The summed E-state index contributed by atoms with van der Waals surface area (Å²) < 4.78 is 10.8. The molecule has 2 aromatic carbocycles. The predicted molar refractivity (Wildman–Crippen MR) is 115 cm³/mol. The summed E-state index contributed by atoms with van der Waals surface area (Å²) >= 11 is 0. The van der Waals surface area contributed by atoms with Crippen molar-refractivity contribution in [3.05, 3.63) is 65.9 Å². The number of carboxylic acids is 1. The minimum absolute atomic E-state index is 0.0267. The molecule has 0 bridgehead atoms. The Morgan fingerprint density at radius 1 is 1.16 bits per heavy atom. The lowest BCUT2D eigenvalue weighted by molar-refractivity contribution is -0.121. The molecule has 0 saturated heterocycles. The molecule has 1 aromatic heterocycles. The van der Waals surface area contributed by atoms with Gasteiger partial charge in [0, 0.05) is 25.1 Å². The third kappa shape index (κ3) is 4.06. The van der Waals surface area contributed by atoms with Crippen LogP contribution in [0.5, 0.6) is 0 Å². The molecule has 3 aromatic rings. The van der Waals surface area contributed by atoms with E-state index in [1.54, 1.807) is 0 Å². The normalized spacial score (nSPS) is 13.8. The molecule has 0 spiro atoms. The van der Waals surface area contributed by atoms with Gasteiger partial charge in [-0.1, -0.05) is 18.2 Å². The van der Waals surface area contributed by atoms with E-state index >= 15 is 0 Å². The van der Waals surface area contributed by atoms with Crippen LogP contribution in [0.25, 0.3) is 17.0 Å². The van der Waals surface area contributed by atoms with E-state index in [2.05, 4.69) is 0 Å². The monoisotopic (exact) mass is 420 g/mol. The number of amides is 2. The van der Waals surface area contributed by atoms with Crippen molar-refractivity contribution in [2.75, 3.05) is 36.6 Å². The smallest absolute Gasteiger partial charge is 0.335 e. The van der Waals surface area contributed by atoms with Crippen molar-refractivity contribution in [1.29, 1.82) is 0 Å². The van der Waals surface area contributed by atoms with E-state index in [4.69, 9.17) is 9.15 Å². The summed E-state index contributed by atoms with van der Waals surface area (Å²) in [5.41, 5.74) is 1.55. The Kier molecular flexibility index (Phi) is 5.55. The first-order chi connectivity index (χ1) is 15.0. The maximum atomic E-state index is 13.0. The zero-order valence-electron chi connectivity index (χ0n) is 16.8. The highest BCUT2D eigenvalue weighted by molar-refractivity contribution is 6.15. The number of furan rings is 1. The number of rotatable bonds is 6. The summed E-state index contributed by atoms with van der Waals surface area (Å²) in [6.07, 6.45) is 2.85. The van der Waals surface area contributed by atoms with Crippen molar-refractivity contribution in [2.24, 2.45) is 0 Å². The van der Waals surface area contributed by atoms with E-state index in [1.807, 2.05) is 30.3 Å². The number of hydrogen-bond acceptors (Lipinski definition) is 5. The fraction of sp³-hybridized carbons (Fsp3) is 0.174. The Hall–Kier alpha value is -3.91. The summed E-state index contributed by atoms with van der Waals surface area (Å²) in [5.74, 6) is -1.35. The molecule has 0 radical (unpaired) electrons. The van der Waals surface area contributed by atoms with Crippen LogP contribution in [0.3, 0.4) is 0 Å². The van der Waals surface area contributed by atoms with Crippen LogP contribution < -0.4 is 9.80 Å². The Morgan fingerprint density at radius 3 is 2.71 bits per heavy atom. The number of anilines is 2. The van der Waals surface area contributed by atoms with E-state index in [0.717, 1.165) is 5.39 Å². The molecule has 0 atom stereocenters. The maximum absolute atomic E-state index is 13.0. The van der Waals surface area contributed by atoms with Gasteiger partial charge >= 0.3 is 5.97 Å². The molecule has 1 aliphatic heterocycles. The molecule has 8 heteroatoms. The van der Waals surface area contributed by atoms with E-state index in [9.17, 15) is 19.5 Å². The van der Waals surface area contributed by atoms with Crippen molar-refractivity contribution >= 4 is 46.2 Å². The van der Waals surface area contributed by atoms with Gasteiger partial charge in [-0.15, -0.1) is 0 Å². The highest BCUT2D eigenvalue weighted by Crippen LogP contribution is 2.35. The highest BCUT2D eigenvalue weighted by Gasteiger charge is 2.32. The fourth-order valence-corrected chi connectivity index (χ4v) is 3.49. The average molecular weight is 420 g/mol. The number of nitrogens with zero attached hydrogens (tertiary/aromatic N) is 2. The van der Waals surface area contributed by atoms with Crippen LogP contribution in [0.15, 0.2) is 59.0 Å². The number of hydrogen-bond donors (Lipinski definition) is 1. The predicted octanol–water partition coefficient (Wildman–Crippen LogP) is 3.17. The van der Waals surface area contributed by atoms with Gasteiger partial charge in [0.15, 0.2) is 0 Å². The van der Waals surface area contributed by atoms with Crippen LogP contribution in [0, 0.1) is 0 Å². The van der Waals surface area contributed by atoms with E-state index in [0.29, 0.717) is 35.9 Å². The zero-order valence-corrected chi connectivity index (χ0v) is 16.8. The van der Waals surface area contributed by atoms with Gasteiger partial charge in [0.25, 0.3) is 5.91 Å². The second-order valence-electron chi connectivity index (χ2n) is 6.99. The van der Waals surface area contributed by atoms with E-state index < -0.39 is 11.9 Å². The topological polar surface area (TPSA) is 100 Å². The van der Waals surface area contributed by atoms with Gasteiger partial charge in [-0.05, 0) is 36.4 Å². The van der Waals surface area contributed by atoms with Gasteiger partial charge in [-0.25, -0.2) is 4.79 Å². The number of aromatic carboxylic acids is 1. The molecular weight excluding hydrogens is 400 g/mol. The molecule has 2 amide bonds. The molecular formula is C23H20N2O6. The molecule has 0 saturated carbocycles. The van der Waals surface area contributed by atoms with Gasteiger partial charge in [-0.3, -0.25) is 14.5 Å². The Morgan fingerprint density at radius 2 is 1.97 bits per heavy atom. The van der Waals surface area contributed by atoms with Crippen molar-refractivity contribution in [3.8, 4) is 0 Å². The molecule has 4 rings (SSSR count). The van der Waals surface area contributed by atoms with Crippen molar-refractivity contribution < 1.29 is 28.6 Å². The molecule has 0 aliphatic carbocycles. The standard InChI is InChI=1S/C23H20N2O6/c1-30-11-10-24-18-8-6-16(23(28)29)13-19(18)25(14-22(24)27)21(26)9-7-17-12-15-4-2-3-5-20(15)31-17/h2-9,12-13H,10-11,14H2,1H3,(H,28,29)/b9-7+. The van der Waals surface area contributed by atoms with Crippen LogP contribution in [0.4, 0.5) is 11.4 Å². The minimum Gasteiger partial charge on any atom is -0.478 e. The van der Waals surface area contributed by atoms with Crippen LogP contribution >= 0.6 is 0 Å². The van der Waals surface area contributed by atoms with Crippen molar-refractivity contribution in [1.82, 2.24) is 0 Å². The molecule has 1 aliphatic rings. The number of carboxylic acid groups (broad SMARTS) is 1. The quantitative estimate of drug-likeness (QED) is 0.615. The summed E-state index contributed by atoms with van der Waals surface area (Å²) in [6.45, 7) is 0.403. The first-order valence-electron chi connectivity index (χ1n) is 9.63. The van der Waals surface area contributed by atoms with Crippen LogP contribution in [0.2, 0.25) is 0 Å². The van der Waals surface area contributed by atoms with Gasteiger partial charge < -0.3 is 19.2 Å². The summed E-state index contributed by atoms with van der Waals surface area (Å²) in [5, 5.41) is 10.3. The fourth-order valence-electron chi connectivity index (χ4n) is 3.49. The Labute approximate surface area is 177 Å². The summed E-state index contributed by atoms with van der Waals surface area (Å²) in [6, 6.07) is 13.6. The lowest BCUT2D eigenvalue weighted by Gasteiger charge is -2.35. The number of para-hydroxylation sites is 1. The van der Waals surface area contributed by atoms with Crippen molar-refractivity contribution in [3.63, 3.8) is 0 Å². The Balaban J connectivity index is 1.66. The number of carbonyl (C=O) groups excluding carboxylic acids is 2. The van der Waals surface area contributed by atoms with E-state index in [-0.39, 0.29) is 18.0 Å². The van der Waals surface area contributed by atoms with Gasteiger partial charge in [-0.2, -0.15) is 0 Å². The van der Waals surface area contributed by atoms with Crippen molar-refractivity contribution in [2.45, 2.75) is 0 Å². The SMILES string of the molecule is COCCN1C(=O)CN(C(=O)/C=C/c2cc3ccccc3o2)c2cc(C(=O)O)ccc21. The number of methoxy groups -OCH3 is 1. The number of benzene rings is 2. The largest absolute Gasteiger partial charge is 0.478 e. The lowest BCUT2D eigenvalue weighted by atomic mass is 10.1. The van der Waals surface area contributed by atoms with E-state index in [1.165, 1.54) is 47.3 Å². The first kappa shape index (κ1) is 20.4. The molecule has 2 heterocycles. The highest BCUT2D eigenvalue weighted by atomic mass is 16.5. The molecule has 31 heavy (non-hydrogen) atoms.